The lowest BCUT2D eigenvalue weighted by molar-refractivity contribution is -0.157. The molecule has 4 nitrogen and oxygen atoms in total. The molecule has 0 atom stereocenters. The molecule has 0 bridgehead atoms. The van der Waals surface area contributed by atoms with E-state index in [1.54, 1.807) is 71.3 Å². The van der Waals surface area contributed by atoms with E-state index in [9.17, 15) is 9.59 Å². The Balaban J connectivity index is -0.000000247. The van der Waals surface area contributed by atoms with Crippen LogP contribution in [0.2, 0.25) is 0 Å². The van der Waals surface area contributed by atoms with E-state index >= 15 is 0 Å². The third kappa shape index (κ3) is 24.3. The fourth-order valence-corrected chi connectivity index (χ4v) is 1.52. The second-order valence-electron chi connectivity index (χ2n) is 10.2. The summed E-state index contributed by atoms with van der Waals surface area (Å²) in [5, 5.41) is 0. The van der Waals surface area contributed by atoms with Crippen molar-refractivity contribution in [3.8, 4) is 0 Å². The van der Waals surface area contributed by atoms with E-state index < -0.39 is 16.8 Å². The molecule has 0 heterocycles. The summed E-state index contributed by atoms with van der Waals surface area (Å²) < 4.78 is 10.2. The van der Waals surface area contributed by atoms with Gasteiger partial charge in [-0.2, -0.15) is 0 Å². The highest BCUT2D eigenvalue weighted by molar-refractivity contribution is 5.82. The van der Waals surface area contributed by atoms with Crippen molar-refractivity contribution in [2.45, 2.75) is 76.2 Å². The molecular weight excluding hydrogens is 448 g/mol. The summed E-state index contributed by atoms with van der Waals surface area (Å²) in [4.78, 5) is 23.3. The standard InChI is InChI=1S/C16H22O3.C8H12O.2C4H10/c1-7-9-11-13(10-8-2)19-14(18)16(5,6)15(3,4)12-17;1-4-6-8(9-3)7-5-2;2*1-4(2)3/h7-12H,1-2H2,3-6H3;4-7H,1H2,2-3H3;2*4H,1-3H3/b11-9-,13-10+;7-5-,8-6+;;. The number of carbonyl (C=O) groups excluding carboxylic acids is 2. The minimum absolute atomic E-state index is 0.356. The molecule has 0 unspecified atom stereocenters. The first-order valence-electron chi connectivity index (χ1n) is 12.3. The van der Waals surface area contributed by atoms with Crippen molar-refractivity contribution in [3.63, 3.8) is 0 Å². The lowest BCUT2D eigenvalue weighted by atomic mass is 9.69. The first-order valence-corrected chi connectivity index (χ1v) is 12.3. The molecule has 0 aliphatic carbocycles. The van der Waals surface area contributed by atoms with Crippen molar-refractivity contribution >= 4 is 12.3 Å². The molecule has 36 heavy (non-hydrogen) atoms. The fourth-order valence-electron chi connectivity index (χ4n) is 1.52. The van der Waals surface area contributed by atoms with Gasteiger partial charge in [-0.1, -0.05) is 106 Å². The number of allylic oxidation sites excluding steroid dienone is 9. The molecule has 0 N–H and O–H groups in total. The number of esters is 1. The Morgan fingerprint density at radius 1 is 0.778 bits per heavy atom. The predicted molar refractivity (Wildman–Crippen MR) is 158 cm³/mol. The van der Waals surface area contributed by atoms with Crippen molar-refractivity contribution in [2.75, 3.05) is 7.11 Å². The van der Waals surface area contributed by atoms with Crippen molar-refractivity contribution in [2.24, 2.45) is 22.7 Å². The largest absolute Gasteiger partial charge is 0.497 e. The average molecular weight is 503 g/mol. The van der Waals surface area contributed by atoms with Gasteiger partial charge in [0.1, 0.15) is 17.8 Å². The van der Waals surface area contributed by atoms with E-state index in [4.69, 9.17) is 9.47 Å². The number of hydrogen-bond donors (Lipinski definition) is 0. The van der Waals surface area contributed by atoms with E-state index in [-0.39, 0.29) is 0 Å². The maximum Gasteiger partial charge on any atom is 0.317 e. The van der Waals surface area contributed by atoms with E-state index in [0.717, 1.165) is 23.9 Å². The van der Waals surface area contributed by atoms with Gasteiger partial charge >= 0.3 is 5.97 Å². The molecule has 206 valence electrons. The molecule has 0 fully saturated rings. The molecule has 0 rings (SSSR count). The number of ether oxygens (including phenoxy) is 2. The molecule has 0 aromatic carbocycles. The quantitative estimate of drug-likeness (QED) is 0.129. The Morgan fingerprint density at radius 2 is 1.19 bits per heavy atom. The van der Waals surface area contributed by atoms with Crippen LogP contribution in [-0.4, -0.2) is 19.4 Å². The number of rotatable bonds is 10. The van der Waals surface area contributed by atoms with Crippen LogP contribution in [0.1, 0.15) is 76.2 Å². The number of carbonyl (C=O) groups is 2. The van der Waals surface area contributed by atoms with Crippen molar-refractivity contribution in [1.29, 1.82) is 0 Å². The summed E-state index contributed by atoms with van der Waals surface area (Å²) in [6, 6.07) is 0. The molecule has 0 saturated carbocycles. The van der Waals surface area contributed by atoms with Gasteiger partial charge in [-0.05, 0) is 56.9 Å². The van der Waals surface area contributed by atoms with Gasteiger partial charge in [-0.25, -0.2) is 0 Å². The van der Waals surface area contributed by atoms with Gasteiger partial charge < -0.3 is 14.3 Å². The number of hydrogen-bond acceptors (Lipinski definition) is 4. The van der Waals surface area contributed by atoms with Gasteiger partial charge in [0.05, 0.1) is 12.5 Å². The topological polar surface area (TPSA) is 52.6 Å². The van der Waals surface area contributed by atoms with Crippen LogP contribution in [0.25, 0.3) is 0 Å². The molecule has 0 radical (unpaired) electrons. The normalized spacial score (nSPS) is 11.9. The highest BCUT2D eigenvalue weighted by Crippen LogP contribution is 2.38. The lowest BCUT2D eigenvalue weighted by Gasteiger charge is -2.34. The van der Waals surface area contributed by atoms with Crippen LogP contribution in [0.15, 0.2) is 85.9 Å². The highest BCUT2D eigenvalue weighted by Gasteiger charge is 2.44. The predicted octanol–water partition coefficient (Wildman–Crippen LogP) is 9.20. The average Bonchev–Trinajstić information content (AvgIpc) is 2.76. The van der Waals surface area contributed by atoms with Crippen LogP contribution >= 0.6 is 0 Å². The Hall–Kier alpha value is -2.88. The Morgan fingerprint density at radius 3 is 1.50 bits per heavy atom. The molecule has 0 spiro atoms. The van der Waals surface area contributed by atoms with Gasteiger partial charge in [-0.3, -0.25) is 4.79 Å². The minimum Gasteiger partial charge on any atom is -0.497 e. The van der Waals surface area contributed by atoms with Crippen molar-refractivity contribution in [3.05, 3.63) is 85.9 Å². The summed E-state index contributed by atoms with van der Waals surface area (Å²) in [5.41, 5.74) is -1.75. The van der Waals surface area contributed by atoms with Crippen LogP contribution < -0.4 is 0 Å². The van der Waals surface area contributed by atoms with E-state index in [0.29, 0.717) is 5.76 Å². The fraction of sp³-hybridized carbons (Fsp3) is 0.500. The Labute approximate surface area is 223 Å². The van der Waals surface area contributed by atoms with Gasteiger partial charge in [0.2, 0.25) is 0 Å². The maximum absolute atomic E-state index is 12.2. The summed E-state index contributed by atoms with van der Waals surface area (Å²) >= 11 is 0. The zero-order valence-electron chi connectivity index (χ0n) is 25.2. The number of aldehydes is 1. The molecule has 0 aromatic heterocycles. The lowest BCUT2D eigenvalue weighted by Crippen LogP contribution is -2.41. The second-order valence-corrected chi connectivity index (χ2v) is 10.2. The maximum atomic E-state index is 12.2. The zero-order valence-corrected chi connectivity index (χ0v) is 25.2. The van der Waals surface area contributed by atoms with Crippen LogP contribution in [0, 0.1) is 22.7 Å². The summed E-state index contributed by atoms with van der Waals surface area (Å²) in [5.74, 6) is 2.38. The second kappa shape index (κ2) is 23.8. The first-order chi connectivity index (χ1) is 16.5. The van der Waals surface area contributed by atoms with Gasteiger partial charge in [-0.15, -0.1) is 0 Å². The summed E-state index contributed by atoms with van der Waals surface area (Å²) in [6.07, 6.45) is 16.0. The van der Waals surface area contributed by atoms with Crippen LogP contribution in [0.4, 0.5) is 0 Å². The van der Waals surface area contributed by atoms with Crippen LogP contribution in [0.3, 0.4) is 0 Å². The smallest absolute Gasteiger partial charge is 0.317 e. The van der Waals surface area contributed by atoms with Crippen LogP contribution in [0.5, 0.6) is 0 Å². The Kier molecular flexibility index (Phi) is 26.7. The van der Waals surface area contributed by atoms with Gasteiger partial charge in [0.15, 0.2) is 0 Å². The molecular formula is C32H54O4. The summed E-state index contributed by atoms with van der Waals surface area (Å²) in [6.45, 7) is 32.4. The molecule has 0 aliphatic rings. The zero-order chi connectivity index (χ0) is 29.4. The monoisotopic (exact) mass is 502 g/mol. The van der Waals surface area contributed by atoms with E-state index in [2.05, 4.69) is 61.3 Å². The molecule has 0 aromatic rings. The third-order valence-electron chi connectivity index (χ3n) is 4.15. The Bertz CT molecular complexity index is 731. The van der Waals surface area contributed by atoms with Crippen molar-refractivity contribution in [1.82, 2.24) is 0 Å². The third-order valence-corrected chi connectivity index (χ3v) is 4.15. The molecule has 4 heteroatoms. The van der Waals surface area contributed by atoms with E-state index in [1.165, 1.54) is 6.08 Å². The first kappa shape index (κ1) is 40.3. The van der Waals surface area contributed by atoms with E-state index in [1.807, 2.05) is 19.1 Å². The number of methoxy groups -OCH3 is 1. The molecule has 0 saturated heterocycles. The van der Waals surface area contributed by atoms with Crippen LogP contribution in [-0.2, 0) is 19.1 Å². The minimum atomic E-state index is -0.934. The molecule has 0 aliphatic heterocycles. The summed E-state index contributed by atoms with van der Waals surface area (Å²) in [7, 11) is 1.63. The SMILES string of the molecule is C=C/C=C(\C=C/C)OC.C=C/C=C\C(=C/C=C)OC(=O)C(C)(C)C(C)(C)C=O.CC(C)C.CC(C)C. The highest BCUT2D eigenvalue weighted by atomic mass is 16.5. The molecule has 0 amide bonds. The van der Waals surface area contributed by atoms with Crippen molar-refractivity contribution < 1.29 is 19.1 Å². The van der Waals surface area contributed by atoms with Gasteiger partial charge in [0, 0.05) is 5.41 Å². The van der Waals surface area contributed by atoms with Gasteiger partial charge in [0.25, 0.3) is 0 Å².